The summed E-state index contributed by atoms with van der Waals surface area (Å²) >= 11 is 0. The zero-order valence-electron chi connectivity index (χ0n) is 19.0. The number of nitrogens with one attached hydrogen (secondary N) is 2. The second-order valence-corrected chi connectivity index (χ2v) is 8.16. The zero-order chi connectivity index (χ0) is 24.3. The van der Waals surface area contributed by atoms with Gasteiger partial charge in [0.1, 0.15) is 12.1 Å². The first kappa shape index (κ1) is 23.1. The van der Waals surface area contributed by atoms with Crippen LogP contribution in [0.4, 0.5) is 10.5 Å². The fourth-order valence-electron chi connectivity index (χ4n) is 4.38. The summed E-state index contributed by atoms with van der Waals surface area (Å²) in [4.78, 5) is 37.0. The van der Waals surface area contributed by atoms with E-state index < -0.39 is 23.5 Å². The number of hydrogen-bond donors (Lipinski definition) is 3. The van der Waals surface area contributed by atoms with Gasteiger partial charge in [-0.15, -0.1) is 0 Å². The van der Waals surface area contributed by atoms with Gasteiger partial charge in [-0.25, -0.2) is 9.59 Å². The van der Waals surface area contributed by atoms with Gasteiger partial charge < -0.3 is 19.6 Å². The monoisotopic (exact) mass is 462 g/mol. The summed E-state index contributed by atoms with van der Waals surface area (Å²) < 4.78 is 10.7. The van der Waals surface area contributed by atoms with Crippen LogP contribution in [0, 0.1) is 0 Å². The third-order valence-corrected chi connectivity index (χ3v) is 6.42. The largest absolute Gasteiger partial charge is 0.480 e. The van der Waals surface area contributed by atoms with E-state index in [-0.39, 0.29) is 36.8 Å². The number of carbonyl (C=O) groups is 3. The summed E-state index contributed by atoms with van der Waals surface area (Å²) in [6, 6.07) is 17.4. The van der Waals surface area contributed by atoms with Crippen LogP contribution >= 0.6 is 0 Å². The van der Waals surface area contributed by atoms with E-state index in [0.717, 1.165) is 22.3 Å². The molecule has 1 aliphatic rings. The molecule has 1 aliphatic carbocycles. The van der Waals surface area contributed by atoms with E-state index >= 15 is 0 Å². The normalized spacial score (nSPS) is 12.5. The van der Waals surface area contributed by atoms with E-state index in [0.29, 0.717) is 0 Å². The standard InChI is InChI=1S/C26H26N2O6/c1-3-26(4-2,24(30)31)28-23(29)22-21(13-14-33-22)27-25(32)34-15-20-18-11-7-5-9-16(18)17-10-6-8-12-19(17)20/h5-14,20H,3-4,15H2,1-2H3,(H,27,32)(H,28,29)(H,30,31). The molecule has 1 aromatic heterocycles. The Bertz CT molecular complexity index is 1180. The molecular weight excluding hydrogens is 436 g/mol. The number of rotatable bonds is 8. The number of anilines is 1. The van der Waals surface area contributed by atoms with Gasteiger partial charge in [0.25, 0.3) is 5.91 Å². The molecule has 0 bridgehead atoms. The van der Waals surface area contributed by atoms with Crippen molar-refractivity contribution in [3.8, 4) is 11.1 Å². The molecule has 176 valence electrons. The van der Waals surface area contributed by atoms with Crippen LogP contribution in [0.3, 0.4) is 0 Å². The van der Waals surface area contributed by atoms with Gasteiger partial charge in [-0.3, -0.25) is 10.1 Å². The summed E-state index contributed by atoms with van der Waals surface area (Å²) in [5, 5.41) is 14.6. The van der Waals surface area contributed by atoms with Crippen LogP contribution in [0.2, 0.25) is 0 Å². The topological polar surface area (TPSA) is 118 Å². The lowest BCUT2D eigenvalue weighted by molar-refractivity contribution is -0.144. The summed E-state index contributed by atoms with van der Waals surface area (Å²) in [6.45, 7) is 3.47. The molecule has 34 heavy (non-hydrogen) atoms. The van der Waals surface area contributed by atoms with Crippen molar-refractivity contribution < 1.29 is 28.6 Å². The van der Waals surface area contributed by atoms with Crippen molar-refractivity contribution in [1.29, 1.82) is 0 Å². The highest BCUT2D eigenvalue weighted by Crippen LogP contribution is 2.44. The quantitative estimate of drug-likeness (QED) is 0.433. The molecule has 3 N–H and O–H groups in total. The van der Waals surface area contributed by atoms with Crippen molar-refractivity contribution >= 4 is 23.7 Å². The molecule has 4 rings (SSSR count). The maximum absolute atomic E-state index is 12.7. The third-order valence-electron chi connectivity index (χ3n) is 6.42. The van der Waals surface area contributed by atoms with E-state index in [2.05, 4.69) is 10.6 Å². The number of benzene rings is 2. The summed E-state index contributed by atoms with van der Waals surface area (Å²) in [7, 11) is 0. The van der Waals surface area contributed by atoms with Gasteiger partial charge in [-0.1, -0.05) is 62.4 Å². The van der Waals surface area contributed by atoms with Crippen LogP contribution in [0.5, 0.6) is 0 Å². The van der Waals surface area contributed by atoms with Gasteiger partial charge in [0.05, 0.1) is 12.0 Å². The van der Waals surface area contributed by atoms with Crippen LogP contribution in [0.15, 0.2) is 65.3 Å². The van der Waals surface area contributed by atoms with E-state index in [1.165, 1.54) is 12.3 Å². The van der Waals surface area contributed by atoms with E-state index in [1.54, 1.807) is 13.8 Å². The van der Waals surface area contributed by atoms with Crippen molar-refractivity contribution in [3.63, 3.8) is 0 Å². The fraction of sp³-hybridized carbons (Fsp3) is 0.269. The number of furan rings is 1. The lowest BCUT2D eigenvalue weighted by Crippen LogP contribution is -2.53. The molecule has 8 nitrogen and oxygen atoms in total. The van der Waals surface area contributed by atoms with Crippen LogP contribution in [0.25, 0.3) is 11.1 Å². The Balaban J connectivity index is 1.44. The Morgan fingerprint density at radius 3 is 2.12 bits per heavy atom. The third kappa shape index (κ3) is 4.14. The molecule has 1 heterocycles. The summed E-state index contributed by atoms with van der Waals surface area (Å²) in [5.74, 6) is -2.16. The molecule has 2 aromatic carbocycles. The molecular formula is C26H26N2O6. The Morgan fingerprint density at radius 2 is 1.56 bits per heavy atom. The number of aliphatic carboxylic acids is 1. The maximum Gasteiger partial charge on any atom is 0.411 e. The molecule has 2 amide bonds. The molecule has 0 atom stereocenters. The lowest BCUT2D eigenvalue weighted by atomic mass is 9.93. The van der Waals surface area contributed by atoms with Crippen molar-refractivity contribution in [1.82, 2.24) is 5.32 Å². The zero-order valence-corrected chi connectivity index (χ0v) is 19.0. The molecule has 0 unspecified atom stereocenters. The summed E-state index contributed by atoms with van der Waals surface area (Å²) in [5.41, 5.74) is 3.09. The van der Waals surface area contributed by atoms with E-state index in [9.17, 15) is 19.5 Å². The van der Waals surface area contributed by atoms with Crippen LogP contribution in [0.1, 0.15) is 54.3 Å². The van der Waals surface area contributed by atoms with Gasteiger partial charge >= 0.3 is 12.1 Å². The van der Waals surface area contributed by atoms with Gasteiger partial charge in [-0.2, -0.15) is 0 Å². The van der Waals surface area contributed by atoms with Gasteiger partial charge in [-0.05, 0) is 35.1 Å². The molecule has 0 aliphatic heterocycles. The van der Waals surface area contributed by atoms with Crippen LogP contribution < -0.4 is 10.6 Å². The van der Waals surface area contributed by atoms with Crippen molar-refractivity contribution in [2.45, 2.75) is 38.1 Å². The number of ether oxygens (including phenoxy) is 1. The lowest BCUT2D eigenvalue weighted by Gasteiger charge is -2.27. The highest BCUT2D eigenvalue weighted by Gasteiger charge is 2.38. The predicted molar refractivity (Wildman–Crippen MR) is 126 cm³/mol. The first-order chi connectivity index (χ1) is 16.4. The molecule has 0 saturated carbocycles. The average molecular weight is 463 g/mol. The first-order valence-corrected chi connectivity index (χ1v) is 11.2. The molecule has 0 spiro atoms. The van der Waals surface area contributed by atoms with Crippen molar-refractivity contribution in [2.75, 3.05) is 11.9 Å². The molecule has 0 saturated heterocycles. The second-order valence-electron chi connectivity index (χ2n) is 8.16. The Morgan fingerprint density at radius 1 is 0.971 bits per heavy atom. The van der Waals surface area contributed by atoms with Gasteiger partial charge in [0.2, 0.25) is 5.76 Å². The fourth-order valence-corrected chi connectivity index (χ4v) is 4.38. The van der Waals surface area contributed by atoms with Crippen LogP contribution in [-0.4, -0.2) is 35.2 Å². The van der Waals surface area contributed by atoms with Crippen molar-refractivity contribution in [2.24, 2.45) is 0 Å². The minimum Gasteiger partial charge on any atom is -0.480 e. The molecule has 8 heteroatoms. The number of amides is 2. The number of carboxylic acid groups (broad SMARTS) is 1. The van der Waals surface area contributed by atoms with Crippen LogP contribution in [-0.2, 0) is 9.53 Å². The Kier molecular flexibility index (Phi) is 6.40. The molecule has 3 aromatic rings. The number of carbonyl (C=O) groups excluding carboxylic acids is 2. The minimum absolute atomic E-state index is 0.0983. The van der Waals surface area contributed by atoms with Crippen molar-refractivity contribution in [3.05, 3.63) is 77.7 Å². The second kappa shape index (κ2) is 9.43. The molecule has 0 radical (unpaired) electrons. The SMILES string of the molecule is CCC(CC)(NC(=O)c1occc1NC(=O)OCC1c2ccccc2-c2ccccc21)C(=O)O. The van der Waals surface area contributed by atoms with E-state index in [1.807, 2.05) is 48.5 Å². The summed E-state index contributed by atoms with van der Waals surface area (Å²) in [6.07, 6.45) is 0.891. The number of carboxylic acids is 1. The number of fused-ring (bicyclic) bond motifs is 3. The highest BCUT2D eigenvalue weighted by atomic mass is 16.5. The van der Waals surface area contributed by atoms with E-state index in [4.69, 9.17) is 9.15 Å². The average Bonchev–Trinajstić information content (AvgIpc) is 3.43. The first-order valence-electron chi connectivity index (χ1n) is 11.2. The van der Waals surface area contributed by atoms with Gasteiger partial charge in [0, 0.05) is 12.0 Å². The maximum atomic E-state index is 12.7. The van der Waals surface area contributed by atoms with Gasteiger partial charge in [0.15, 0.2) is 0 Å². The number of hydrogen-bond acceptors (Lipinski definition) is 5. The Labute approximate surface area is 196 Å². The minimum atomic E-state index is -1.43. The highest BCUT2D eigenvalue weighted by molar-refractivity contribution is 6.02. The smallest absolute Gasteiger partial charge is 0.411 e. The molecule has 0 fully saturated rings. The Hall–Kier alpha value is -4.07. The predicted octanol–water partition coefficient (Wildman–Crippen LogP) is 5.01.